The second kappa shape index (κ2) is 6.35. The smallest absolute Gasteiger partial charge is 0.105 e. The van der Waals surface area contributed by atoms with Crippen LogP contribution in [0.3, 0.4) is 0 Å². The number of hydrogen-bond acceptors (Lipinski definition) is 3. The third kappa shape index (κ3) is 3.67. The van der Waals surface area contributed by atoms with E-state index in [2.05, 4.69) is 45.3 Å². The van der Waals surface area contributed by atoms with Crippen LogP contribution >= 0.6 is 15.9 Å². The lowest BCUT2D eigenvalue weighted by Gasteiger charge is -2.17. The molecule has 2 aromatic heterocycles. The van der Waals surface area contributed by atoms with E-state index >= 15 is 0 Å². The Labute approximate surface area is 122 Å². The lowest BCUT2D eigenvalue weighted by molar-refractivity contribution is 0.483. The van der Waals surface area contributed by atoms with Crippen LogP contribution in [0.2, 0.25) is 0 Å². The Balaban J connectivity index is 2.20. The number of rotatable bonds is 5. The van der Waals surface area contributed by atoms with Crippen LogP contribution in [0.15, 0.2) is 33.3 Å². The SMILES string of the molecule is CCNC(Cc1ccc(Br)cn1)c1cc(C)oc1C. The van der Waals surface area contributed by atoms with Gasteiger partial charge in [-0.15, -0.1) is 0 Å². The summed E-state index contributed by atoms with van der Waals surface area (Å²) < 4.78 is 6.64. The van der Waals surface area contributed by atoms with Crippen molar-refractivity contribution in [2.24, 2.45) is 0 Å². The summed E-state index contributed by atoms with van der Waals surface area (Å²) in [6.45, 7) is 7.04. The molecule has 0 aromatic carbocycles. The van der Waals surface area contributed by atoms with E-state index in [1.54, 1.807) is 0 Å². The Morgan fingerprint density at radius 2 is 2.16 bits per heavy atom. The van der Waals surface area contributed by atoms with Crippen LogP contribution in [0.1, 0.15) is 35.7 Å². The minimum absolute atomic E-state index is 0.246. The summed E-state index contributed by atoms with van der Waals surface area (Å²) >= 11 is 3.41. The van der Waals surface area contributed by atoms with Crippen molar-refractivity contribution in [2.45, 2.75) is 33.2 Å². The standard InChI is InChI=1S/C15H19BrN2O/c1-4-17-15(14-7-10(2)19-11(14)3)8-13-6-5-12(16)9-18-13/h5-7,9,15,17H,4,8H2,1-3H3. The second-order valence-corrected chi connectivity index (χ2v) is 5.57. The zero-order valence-corrected chi connectivity index (χ0v) is 13.1. The number of halogens is 1. The van der Waals surface area contributed by atoms with E-state index in [-0.39, 0.29) is 6.04 Å². The molecule has 0 aliphatic carbocycles. The Morgan fingerprint density at radius 3 is 2.68 bits per heavy atom. The van der Waals surface area contributed by atoms with Crippen molar-refractivity contribution in [2.75, 3.05) is 6.54 Å². The fourth-order valence-corrected chi connectivity index (χ4v) is 2.51. The summed E-state index contributed by atoms with van der Waals surface area (Å²) in [5.41, 5.74) is 2.30. The highest BCUT2D eigenvalue weighted by atomic mass is 79.9. The van der Waals surface area contributed by atoms with Crippen LogP contribution in [0.25, 0.3) is 0 Å². The zero-order chi connectivity index (χ0) is 13.8. The van der Waals surface area contributed by atoms with Gasteiger partial charge in [0.1, 0.15) is 11.5 Å². The molecule has 3 nitrogen and oxygen atoms in total. The van der Waals surface area contributed by atoms with Gasteiger partial charge in [0.25, 0.3) is 0 Å². The molecule has 19 heavy (non-hydrogen) atoms. The number of hydrogen-bond donors (Lipinski definition) is 1. The summed E-state index contributed by atoms with van der Waals surface area (Å²) in [6, 6.07) is 6.44. The van der Waals surface area contributed by atoms with Gasteiger partial charge in [-0.25, -0.2) is 0 Å². The Kier molecular flexibility index (Phi) is 4.77. The van der Waals surface area contributed by atoms with Crippen LogP contribution in [0.4, 0.5) is 0 Å². The van der Waals surface area contributed by atoms with E-state index in [4.69, 9.17) is 4.42 Å². The Hall–Kier alpha value is -1.13. The molecule has 2 rings (SSSR count). The molecule has 0 bridgehead atoms. The topological polar surface area (TPSA) is 38.1 Å². The fourth-order valence-electron chi connectivity index (χ4n) is 2.27. The molecule has 0 aliphatic rings. The van der Waals surface area contributed by atoms with Crippen LogP contribution in [-0.4, -0.2) is 11.5 Å². The maximum Gasteiger partial charge on any atom is 0.105 e. The first-order chi connectivity index (χ1) is 9.10. The van der Waals surface area contributed by atoms with Gasteiger partial charge in [0.05, 0.1) is 0 Å². The monoisotopic (exact) mass is 322 g/mol. The molecule has 0 saturated carbocycles. The molecule has 1 unspecified atom stereocenters. The molecule has 2 aromatic rings. The number of nitrogens with one attached hydrogen (secondary N) is 1. The van der Waals surface area contributed by atoms with Crippen molar-refractivity contribution < 1.29 is 4.42 Å². The molecular weight excluding hydrogens is 304 g/mol. The van der Waals surface area contributed by atoms with Crippen molar-refractivity contribution in [3.05, 3.63) is 51.6 Å². The number of likely N-dealkylation sites (N-methyl/N-ethyl adjacent to an activating group) is 1. The number of pyridine rings is 1. The van der Waals surface area contributed by atoms with Crippen LogP contribution < -0.4 is 5.32 Å². The number of nitrogens with zero attached hydrogens (tertiary/aromatic N) is 1. The van der Waals surface area contributed by atoms with E-state index in [1.165, 1.54) is 5.56 Å². The second-order valence-electron chi connectivity index (χ2n) is 4.65. The van der Waals surface area contributed by atoms with Crippen molar-refractivity contribution in [1.82, 2.24) is 10.3 Å². The number of furan rings is 1. The highest BCUT2D eigenvalue weighted by Crippen LogP contribution is 2.24. The number of aromatic nitrogens is 1. The van der Waals surface area contributed by atoms with E-state index in [1.807, 2.05) is 26.1 Å². The van der Waals surface area contributed by atoms with E-state index in [9.17, 15) is 0 Å². The maximum absolute atomic E-state index is 5.63. The van der Waals surface area contributed by atoms with E-state index < -0.39 is 0 Å². The normalized spacial score (nSPS) is 12.6. The van der Waals surface area contributed by atoms with Gasteiger partial charge in [-0.3, -0.25) is 4.98 Å². The van der Waals surface area contributed by atoms with Gasteiger partial charge in [0, 0.05) is 34.4 Å². The van der Waals surface area contributed by atoms with Crippen LogP contribution in [-0.2, 0) is 6.42 Å². The van der Waals surface area contributed by atoms with E-state index in [0.29, 0.717) is 0 Å². The highest BCUT2D eigenvalue weighted by Gasteiger charge is 2.17. The zero-order valence-electron chi connectivity index (χ0n) is 11.5. The molecular formula is C15H19BrN2O. The van der Waals surface area contributed by atoms with Gasteiger partial charge < -0.3 is 9.73 Å². The number of aryl methyl sites for hydroxylation is 2. The molecule has 0 radical (unpaired) electrons. The van der Waals surface area contributed by atoms with Crippen molar-refractivity contribution in [1.29, 1.82) is 0 Å². The largest absolute Gasteiger partial charge is 0.466 e. The predicted molar refractivity (Wildman–Crippen MR) is 80.2 cm³/mol. The van der Waals surface area contributed by atoms with Crippen molar-refractivity contribution in [3.63, 3.8) is 0 Å². The summed E-state index contributed by atoms with van der Waals surface area (Å²) in [5.74, 6) is 1.94. The molecule has 0 spiro atoms. The minimum Gasteiger partial charge on any atom is -0.466 e. The molecule has 4 heteroatoms. The van der Waals surface area contributed by atoms with Gasteiger partial charge in [0.15, 0.2) is 0 Å². The quantitative estimate of drug-likeness (QED) is 0.905. The maximum atomic E-state index is 5.63. The van der Waals surface area contributed by atoms with Crippen LogP contribution in [0.5, 0.6) is 0 Å². The van der Waals surface area contributed by atoms with Crippen LogP contribution in [0, 0.1) is 13.8 Å². The van der Waals surface area contributed by atoms with Gasteiger partial charge in [0.2, 0.25) is 0 Å². The first-order valence-corrected chi connectivity index (χ1v) is 7.30. The summed E-state index contributed by atoms with van der Waals surface area (Å²) in [7, 11) is 0. The lowest BCUT2D eigenvalue weighted by Crippen LogP contribution is -2.23. The molecule has 1 atom stereocenters. The predicted octanol–water partition coefficient (Wildman–Crippen LogP) is 3.95. The first kappa shape index (κ1) is 14.3. The third-order valence-corrected chi connectivity index (χ3v) is 3.58. The molecule has 0 saturated heterocycles. The van der Waals surface area contributed by atoms with Gasteiger partial charge in [-0.2, -0.15) is 0 Å². The van der Waals surface area contributed by atoms with Gasteiger partial charge in [-0.1, -0.05) is 6.92 Å². The van der Waals surface area contributed by atoms with Gasteiger partial charge in [-0.05, 0) is 54.5 Å². The summed E-state index contributed by atoms with van der Waals surface area (Å²) in [5, 5.41) is 3.50. The molecule has 0 fully saturated rings. The lowest BCUT2D eigenvalue weighted by atomic mass is 10.0. The van der Waals surface area contributed by atoms with Crippen molar-refractivity contribution >= 4 is 15.9 Å². The summed E-state index contributed by atoms with van der Waals surface area (Å²) in [6.07, 6.45) is 2.70. The molecule has 2 heterocycles. The molecule has 1 N–H and O–H groups in total. The van der Waals surface area contributed by atoms with Crippen molar-refractivity contribution in [3.8, 4) is 0 Å². The fraction of sp³-hybridized carbons (Fsp3) is 0.400. The molecule has 0 aliphatic heterocycles. The van der Waals surface area contributed by atoms with Gasteiger partial charge >= 0.3 is 0 Å². The summed E-state index contributed by atoms with van der Waals surface area (Å²) in [4.78, 5) is 4.44. The third-order valence-electron chi connectivity index (χ3n) is 3.11. The first-order valence-electron chi connectivity index (χ1n) is 6.51. The Morgan fingerprint density at radius 1 is 1.37 bits per heavy atom. The molecule has 102 valence electrons. The average molecular weight is 323 g/mol. The average Bonchev–Trinajstić information content (AvgIpc) is 2.71. The Bertz CT molecular complexity index is 534. The van der Waals surface area contributed by atoms with E-state index in [0.717, 1.165) is 34.7 Å². The molecule has 0 amide bonds. The highest BCUT2D eigenvalue weighted by molar-refractivity contribution is 9.10. The minimum atomic E-state index is 0.246.